The molecule has 1 saturated heterocycles. The highest BCUT2D eigenvalue weighted by Crippen LogP contribution is 2.35. The molecule has 31 heavy (non-hydrogen) atoms. The highest BCUT2D eigenvalue weighted by molar-refractivity contribution is 7.93. The number of cyclic esters (lactones) is 1. The fraction of sp³-hybridized carbons (Fsp3) is 0.409. The second-order valence-electron chi connectivity index (χ2n) is 8.13. The Morgan fingerprint density at radius 1 is 1.10 bits per heavy atom. The number of carbonyl (C=O) groups is 1. The van der Waals surface area contributed by atoms with E-state index >= 15 is 0 Å². The number of rotatable bonds is 5. The van der Waals surface area contributed by atoms with Crippen LogP contribution in [0.1, 0.15) is 32.3 Å². The molecule has 0 radical (unpaired) electrons. The fourth-order valence-corrected chi connectivity index (χ4v) is 4.99. The van der Waals surface area contributed by atoms with Crippen LogP contribution in [0.3, 0.4) is 0 Å². The predicted octanol–water partition coefficient (Wildman–Crippen LogP) is 4.62. The third-order valence-corrected chi connectivity index (χ3v) is 7.86. The van der Waals surface area contributed by atoms with Crippen molar-refractivity contribution in [2.75, 3.05) is 27.6 Å². The Bertz CT molecular complexity index is 1080. The molecular weight excluding hydrogens is 438 g/mol. The van der Waals surface area contributed by atoms with Gasteiger partial charge in [-0.3, -0.25) is 9.62 Å². The van der Waals surface area contributed by atoms with E-state index in [4.69, 9.17) is 16.3 Å². The molecule has 0 atom stereocenters. The van der Waals surface area contributed by atoms with Crippen LogP contribution in [-0.2, 0) is 21.4 Å². The third kappa shape index (κ3) is 4.45. The van der Waals surface area contributed by atoms with Crippen LogP contribution in [0.15, 0.2) is 42.5 Å². The number of hydrogen-bond donors (Lipinski definition) is 1. The Morgan fingerprint density at radius 3 is 2.48 bits per heavy atom. The van der Waals surface area contributed by atoms with E-state index in [1.807, 2.05) is 30.3 Å². The first-order valence-corrected chi connectivity index (χ1v) is 12.3. The summed E-state index contributed by atoms with van der Waals surface area (Å²) in [6.07, 6.45) is 1.26. The Morgan fingerprint density at radius 2 is 1.81 bits per heavy atom. The zero-order chi connectivity index (χ0) is 22.2. The van der Waals surface area contributed by atoms with Crippen molar-refractivity contribution in [3.05, 3.63) is 53.1 Å². The monoisotopic (exact) mass is 463 g/mol. The van der Waals surface area contributed by atoms with Crippen LogP contribution >= 0.6 is 11.6 Å². The lowest BCUT2D eigenvalue weighted by Gasteiger charge is -2.41. The van der Waals surface area contributed by atoms with E-state index < -0.39 is 15.3 Å². The number of nitrogens with zero attached hydrogens (tertiary/aromatic N) is 2. The van der Waals surface area contributed by atoms with Gasteiger partial charge in [-0.05, 0) is 51.0 Å². The molecule has 9 heteroatoms. The molecule has 0 aromatic heterocycles. The van der Waals surface area contributed by atoms with Crippen molar-refractivity contribution in [1.82, 2.24) is 0 Å². The normalized spacial score (nSPS) is 17.5. The van der Waals surface area contributed by atoms with Crippen molar-refractivity contribution < 1.29 is 17.9 Å². The summed E-state index contributed by atoms with van der Waals surface area (Å²) in [5.74, 6) is 0. The molecule has 166 valence electrons. The average Bonchev–Trinajstić information content (AvgIpc) is 2.74. The molecule has 4 rings (SSSR count). The lowest BCUT2D eigenvalue weighted by atomic mass is 10.00. The molecule has 2 aromatic rings. The maximum absolute atomic E-state index is 12.5. The third-order valence-electron chi connectivity index (χ3n) is 5.80. The van der Waals surface area contributed by atoms with Crippen LogP contribution in [0.2, 0.25) is 5.02 Å². The van der Waals surface area contributed by atoms with E-state index in [9.17, 15) is 13.2 Å². The molecule has 0 aliphatic carbocycles. The molecule has 2 aliphatic heterocycles. The molecule has 1 N–H and O–H groups in total. The largest absolute Gasteiger partial charge is 0.444 e. The van der Waals surface area contributed by atoms with E-state index in [1.54, 1.807) is 30.9 Å². The number of anilines is 3. The zero-order valence-corrected chi connectivity index (χ0v) is 19.1. The van der Waals surface area contributed by atoms with Crippen LogP contribution in [0, 0.1) is 0 Å². The molecule has 2 aromatic carbocycles. The highest BCUT2D eigenvalue weighted by Gasteiger charge is 2.34. The van der Waals surface area contributed by atoms with Gasteiger partial charge in [-0.1, -0.05) is 29.8 Å². The van der Waals surface area contributed by atoms with Crippen molar-refractivity contribution in [2.24, 2.45) is 0 Å². The number of ether oxygens (including phenoxy) is 1. The van der Waals surface area contributed by atoms with Crippen LogP contribution in [0.4, 0.5) is 21.9 Å². The quantitative estimate of drug-likeness (QED) is 0.700. The highest BCUT2D eigenvalue weighted by atomic mass is 35.5. The lowest BCUT2D eigenvalue weighted by Crippen LogP contribution is -2.49. The maximum Gasteiger partial charge on any atom is 0.414 e. The summed E-state index contributed by atoms with van der Waals surface area (Å²) in [4.78, 5) is 16.4. The van der Waals surface area contributed by atoms with Crippen LogP contribution in [0.5, 0.6) is 0 Å². The summed E-state index contributed by atoms with van der Waals surface area (Å²) >= 11 is 6.49. The molecule has 1 amide bonds. The van der Waals surface area contributed by atoms with Crippen molar-refractivity contribution in [3.63, 3.8) is 0 Å². The Balaban J connectivity index is 1.45. The summed E-state index contributed by atoms with van der Waals surface area (Å²) in [5.41, 5.74) is 3.25. The number of hydrogen-bond acceptors (Lipinski definition) is 5. The SMILES string of the molecule is CC(C)S(=O)(=O)Nc1ccc(N2CCC(N3C(=O)OCc4ccccc43)CC2)c(Cl)c1. The number of carbonyl (C=O) groups excluding carboxylic acids is 1. The van der Waals surface area contributed by atoms with Gasteiger partial charge in [0.15, 0.2) is 0 Å². The first-order valence-electron chi connectivity index (χ1n) is 10.4. The first-order chi connectivity index (χ1) is 14.8. The van der Waals surface area contributed by atoms with E-state index in [0.717, 1.165) is 42.9 Å². The van der Waals surface area contributed by atoms with E-state index in [-0.39, 0.29) is 12.1 Å². The van der Waals surface area contributed by atoms with E-state index in [2.05, 4.69) is 9.62 Å². The van der Waals surface area contributed by atoms with Crippen LogP contribution < -0.4 is 14.5 Å². The van der Waals surface area contributed by atoms with Crippen molar-refractivity contribution >= 4 is 44.8 Å². The minimum atomic E-state index is -3.43. The maximum atomic E-state index is 12.5. The van der Waals surface area contributed by atoms with Gasteiger partial charge < -0.3 is 9.64 Å². The van der Waals surface area contributed by atoms with Gasteiger partial charge in [0.05, 0.1) is 27.3 Å². The first kappa shape index (κ1) is 21.8. The molecule has 0 spiro atoms. The van der Waals surface area contributed by atoms with Gasteiger partial charge >= 0.3 is 6.09 Å². The van der Waals surface area contributed by atoms with Crippen LogP contribution in [-0.4, -0.2) is 38.9 Å². The summed E-state index contributed by atoms with van der Waals surface area (Å²) in [7, 11) is -3.43. The molecule has 0 unspecified atom stereocenters. The lowest BCUT2D eigenvalue weighted by molar-refractivity contribution is 0.137. The van der Waals surface area contributed by atoms with Crippen molar-refractivity contribution in [1.29, 1.82) is 0 Å². The number of fused-ring (bicyclic) bond motifs is 1. The summed E-state index contributed by atoms with van der Waals surface area (Å²) < 4.78 is 32.1. The van der Waals surface area contributed by atoms with E-state index in [0.29, 0.717) is 17.3 Å². The number of nitrogens with one attached hydrogen (secondary N) is 1. The molecule has 1 fully saturated rings. The summed E-state index contributed by atoms with van der Waals surface area (Å²) in [6, 6.07) is 13.1. The predicted molar refractivity (Wildman–Crippen MR) is 123 cm³/mol. The number of benzene rings is 2. The van der Waals surface area contributed by atoms with Crippen LogP contribution in [0.25, 0.3) is 0 Å². The van der Waals surface area contributed by atoms with Gasteiger partial charge in [0.25, 0.3) is 0 Å². The van der Waals surface area contributed by atoms with Gasteiger partial charge in [0.1, 0.15) is 6.61 Å². The summed E-state index contributed by atoms with van der Waals surface area (Å²) in [5, 5.41) is -0.0401. The second kappa shape index (κ2) is 8.59. The Kier molecular flexibility index (Phi) is 6.03. The second-order valence-corrected chi connectivity index (χ2v) is 10.8. The van der Waals surface area contributed by atoms with Gasteiger partial charge in [0, 0.05) is 24.7 Å². The number of piperidine rings is 1. The fourth-order valence-electron chi connectivity index (χ4n) is 3.99. The van der Waals surface area contributed by atoms with Crippen molar-refractivity contribution in [2.45, 2.75) is 44.6 Å². The minimum absolute atomic E-state index is 0.0566. The molecule has 2 heterocycles. The van der Waals surface area contributed by atoms with Gasteiger partial charge in [-0.25, -0.2) is 13.2 Å². The molecule has 7 nitrogen and oxygen atoms in total. The smallest absolute Gasteiger partial charge is 0.414 e. The Labute approximate surface area is 188 Å². The molecule has 0 bridgehead atoms. The topological polar surface area (TPSA) is 79.0 Å². The van der Waals surface area contributed by atoms with Gasteiger partial charge in [0.2, 0.25) is 10.0 Å². The molecular formula is C22H26ClN3O4S. The minimum Gasteiger partial charge on any atom is -0.444 e. The number of amides is 1. The Hall–Kier alpha value is -2.45. The van der Waals surface area contributed by atoms with Crippen molar-refractivity contribution in [3.8, 4) is 0 Å². The average molecular weight is 464 g/mol. The molecule has 2 aliphatic rings. The summed E-state index contributed by atoms with van der Waals surface area (Å²) in [6.45, 7) is 5.02. The van der Waals surface area contributed by atoms with Gasteiger partial charge in [-0.15, -0.1) is 0 Å². The van der Waals surface area contributed by atoms with Gasteiger partial charge in [-0.2, -0.15) is 0 Å². The number of para-hydroxylation sites is 1. The van der Waals surface area contributed by atoms with E-state index in [1.165, 1.54) is 0 Å². The number of sulfonamides is 1. The zero-order valence-electron chi connectivity index (χ0n) is 17.5. The standard InChI is InChI=1S/C22H26ClN3O4S/c1-15(2)31(28,29)24-17-7-8-21(19(23)13-17)25-11-9-18(10-12-25)26-20-6-4-3-5-16(20)14-30-22(26)27/h3-8,13,15,18,24H,9-12,14H2,1-2H3. The molecule has 0 saturated carbocycles. The number of halogens is 1.